The van der Waals surface area contributed by atoms with Gasteiger partial charge in [-0.3, -0.25) is 9.69 Å². The molecule has 1 atom stereocenters. The van der Waals surface area contributed by atoms with Gasteiger partial charge in [0, 0.05) is 19.1 Å². The molecule has 0 radical (unpaired) electrons. The van der Waals surface area contributed by atoms with Gasteiger partial charge in [-0.2, -0.15) is 0 Å². The molecule has 2 fully saturated rings. The van der Waals surface area contributed by atoms with E-state index in [1.54, 1.807) is 0 Å². The Balaban J connectivity index is 1.26. The maximum absolute atomic E-state index is 12.6. The van der Waals surface area contributed by atoms with Gasteiger partial charge in [0.2, 0.25) is 5.91 Å². The summed E-state index contributed by atoms with van der Waals surface area (Å²) in [5.74, 6) is 0.136. The molecule has 0 bridgehead atoms. The van der Waals surface area contributed by atoms with Gasteiger partial charge < -0.3 is 10.2 Å². The molecule has 2 aliphatic heterocycles. The van der Waals surface area contributed by atoms with Gasteiger partial charge in [0.25, 0.3) is 0 Å². The van der Waals surface area contributed by atoms with Crippen LogP contribution in [0.3, 0.4) is 0 Å². The van der Waals surface area contributed by atoms with Crippen LogP contribution >= 0.6 is 0 Å². The van der Waals surface area contributed by atoms with E-state index in [-0.39, 0.29) is 11.9 Å². The maximum Gasteiger partial charge on any atom is 0.234 e. The predicted octanol–water partition coefficient (Wildman–Crippen LogP) is 3.97. The smallest absolute Gasteiger partial charge is 0.234 e. The molecule has 2 aromatic rings. The van der Waals surface area contributed by atoms with E-state index in [1.807, 2.05) is 0 Å². The van der Waals surface area contributed by atoms with Crippen molar-refractivity contribution >= 4 is 16.7 Å². The van der Waals surface area contributed by atoms with Gasteiger partial charge in [0.1, 0.15) is 0 Å². The molecule has 0 unspecified atom stereocenters. The molecule has 0 aromatic heterocycles. The molecule has 4 rings (SSSR count). The molecule has 2 heterocycles. The highest BCUT2D eigenvalue weighted by molar-refractivity contribution is 5.83. The summed E-state index contributed by atoms with van der Waals surface area (Å²) in [4.78, 5) is 17.6. The van der Waals surface area contributed by atoms with Crippen LogP contribution in [0.5, 0.6) is 0 Å². The summed E-state index contributed by atoms with van der Waals surface area (Å²) in [6.07, 6.45) is 6.51. The zero-order chi connectivity index (χ0) is 19.3. The van der Waals surface area contributed by atoms with Crippen molar-refractivity contribution in [2.45, 2.75) is 51.1 Å². The topological polar surface area (TPSA) is 35.6 Å². The molecule has 4 nitrogen and oxygen atoms in total. The first-order chi connectivity index (χ1) is 13.7. The van der Waals surface area contributed by atoms with Crippen molar-refractivity contribution in [3.63, 3.8) is 0 Å². The summed E-state index contributed by atoms with van der Waals surface area (Å²) in [6, 6.07) is 15.6. The minimum atomic E-state index is 0.0306. The number of fused-ring (bicyclic) bond motifs is 1. The minimum Gasteiger partial charge on any atom is -0.348 e. The van der Waals surface area contributed by atoms with Crippen LogP contribution in [0.25, 0.3) is 10.8 Å². The summed E-state index contributed by atoms with van der Waals surface area (Å²) in [7, 11) is 0. The van der Waals surface area contributed by atoms with E-state index in [0.29, 0.717) is 6.54 Å². The lowest BCUT2D eigenvalue weighted by molar-refractivity contribution is -0.123. The Kier molecular flexibility index (Phi) is 6.28. The molecule has 0 saturated carbocycles. The maximum atomic E-state index is 12.6. The molecule has 0 spiro atoms. The second-order valence-electron chi connectivity index (χ2n) is 8.50. The van der Waals surface area contributed by atoms with Crippen LogP contribution in [-0.4, -0.2) is 54.5 Å². The Labute approximate surface area is 168 Å². The quantitative estimate of drug-likeness (QED) is 0.854. The van der Waals surface area contributed by atoms with E-state index in [1.165, 1.54) is 56.0 Å². The number of carbonyl (C=O) groups is 1. The number of likely N-dealkylation sites (tertiary alicyclic amines) is 2. The third kappa shape index (κ3) is 4.73. The van der Waals surface area contributed by atoms with E-state index < -0.39 is 0 Å². The lowest BCUT2D eigenvalue weighted by atomic mass is 10.00. The van der Waals surface area contributed by atoms with Gasteiger partial charge in [-0.15, -0.1) is 0 Å². The number of hydrogen-bond acceptors (Lipinski definition) is 3. The lowest BCUT2D eigenvalue weighted by Crippen LogP contribution is -2.48. The summed E-state index contributed by atoms with van der Waals surface area (Å²) in [5.41, 5.74) is 1.16. The van der Waals surface area contributed by atoms with Gasteiger partial charge in [0.15, 0.2) is 0 Å². The largest absolute Gasteiger partial charge is 0.348 e. The Morgan fingerprint density at radius 1 is 1.00 bits per heavy atom. The van der Waals surface area contributed by atoms with E-state index in [2.05, 4.69) is 64.5 Å². The summed E-state index contributed by atoms with van der Waals surface area (Å²) < 4.78 is 0. The Bertz CT molecular complexity index is 791. The van der Waals surface area contributed by atoms with Gasteiger partial charge >= 0.3 is 0 Å². The van der Waals surface area contributed by atoms with E-state index in [4.69, 9.17) is 0 Å². The first-order valence-electron chi connectivity index (χ1n) is 10.9. The number of benzene rings is 2. The summed E-state index contributed by atoms with van der Waals surface area (Å²) >= 11 is 0. The zero-order valence-corrected chi connectivity index (χ0v) is 17.1. The van der Waals surface area contributed by atoms with E-state index >= 15 is 0 Å². The average Bonchev–Trinajstić information content (AvgIpc) is 2.74. The summed E-state index contributed by atoms with van der Waals surface area (Å²) in [5, 5.41) is 5.65. The number of rotatable bonds is 5. The number of nitrogens with one attached hydrogen (secondary N) is 1. The fourth-order valence-electron chi connectivity index (χ4n) is 4.78. The molecule has 2 aromatic carbocycles. The van der Waals surface area contributed by atoms with Crippen LogP contribution in [0.1, 0.15) is 50.6 Å². The zero-order valence-electron chi connectivity index (χ0n) is 17.1. The normalized spacial score (nSPS) is 20.9. The van der Waals surface area contributed by atoms with Crippen molar-refractivity contribution in [2.24, 2.45) is 0 Å². The van der Waals surface area contributed by atoms with Crippen molar-refractivity contribution in [2.75, 3.05) is 32.7 Å². The molecular weight excluding hydrogens is 346 g/mol. The SMILES string of the molecule is C[C@@H](NC(=O)CN1CCC(N2CCCCC2)CC1)c1ccc2ccccc2c1. The minimum absolute atomic E-state index is 0.0306. The molecule has 150 valence electrons. The molecule has 2 aliphatic rings. The lowest BCUT2D eigenvalue weighted by Gasteiger charge is -2.40. The van der Waals surface area contributed by atoms with Crippen molar-refractivity contribution in [1.82, 2.24) is 15.1 Å². The Morgan fingerprint density at radius 2 is 1.71 bits per heavy atom. The molecule has 1 amide bonds. The third-order valence-corrected chi connectivity index (χ3v) is 6.48. The van der Waals surface area contributed by atoms with Crippen LogP contribution in [-0.2, 0) is 4.79 Å². The number of piperidine rings is 2. The second-order valence-corrected chi connectivity index (χ2v) is 8.50. The first kappa shape index (κ1) is 19.4. The third-order valence-electron chi connectivity index (χ3n) is 6.48. The van der Waals surface area contributed by atoms with Crippen molar-refractivity contribution in [1.29, 1.82) is 0 Å². The average molecular weight is 380 g/mol. The van der Waals surface area contributed by atoms with E-state index in [9.17, 15) is 4.79 Å². The van der Waals surface area contributed by atoms with Crippen LogP contribution in [0.2, 0.25) is 0 Å². The second kappa shape index (κ2) is 9.06. The molecule has 28 heavy (non-hydrogen) atoms. The Hall–Kier alpha value is -1.91. The predicted molar refractivity (Wildman–Crippen MR) is 115 cm³/mol. The number of nitrogens with zero attached hydrogens (tertiary/aromatic N) is 2. The fourth-order valence-corrected chi connectivity index (χ4v) is 4.78. The fraction of sp³-hybridized carbons (Fsp3) is 0.542. The molecule has 2 saturated heterocycles. The van der Waals surface area contributed by atoms with Gasteiger partial charge in [-0.1, -0.05) is 42.8 Å². The highest BCUT2D eigenvalue weighted by Gasteiger charge is 2.26. The first-order valence-corrected chi connectivity index (χ1v) is 10.9. The highest BCUT2D eigenvalue weighted by atomic mass is 16.2. The summed E-state index contributed by atoms with van der Waals surface area (Å²) in [6.45, 7) is 7.22. The molecule has 0 aliphatic carbocycles. The highest BCUT2D eigenvalue weighted by Crippen LogP contribution is 2.22. The van der Waals surface area contributed by atoms with Crippen molar-refractivity contribution in [3.8, 4) is 0 Å². The monoisotopic (exact) mass is 379 g/mol. The van der Waals surface area contributed by atoms with Gasteiger partial charge in [0.05, 0.1) is 12.6 Å². The van der Waals surface area contributed by atoms with Crippen LogP contribution in [0.15, 0.2) is 42.5 Å². The van der Waals surface area contributed by atoms with Crippen LogP contribution < -0.4 is 5.32 Å². The van der Waals surface area contributed by atoms with Crippen molar-refractivity contribution < 1.29 is 4.79 Å². The molecule has 1 N–H and O–H groups in total. The molecular formula is C24H33N3O. The van der Waals surface area contributed by atoms with Crippen LogP contribution in [0.4, 0.5) is 0 Å². The van der Waals surface area contributed by atoms with Gasteiger partial charge in [-0.05, 0) is 68.1 Å². The standard InChI is InChI=1S/C24H33N3O/c1-19(21-10-9-20-7-3-4-8-22(20)17-21)25-24(28)18-26-15-11-23(12-16-26)27-13-5-2-6-14-27/h3-4,7-10,17,19,23H,2,5-6,11-16,18H2,1H3,(H,25,28)/t19-/m1/s1. The number of amides is 1. The number of carbonyl (C=O) groups excluding carboxylic acids is 1. The number of hydrogen-bond donors (Lipinski definition) is 1. The van der Waals surface area contributed by atoms with Crippen LogP contribution in [0, 0.1) is 0 Å². The van der Waals surface area contributed by atoms with Crippen molar-refractivity contribution in [3.05, 3.63) is 48.0 Å². The van der Waals surface area contributed by atoms with Gasteiger partial charge in [-0.25, -0.2) is 0 Å². The Morgan fingerprint density at radius 3 is 2.46 bits per heavy atom. The molecule has 4 heteroatoms. The van der Waals surface area contributed by atoms with E-state index in [0.717, 1.165) is 24.7 Å².